The SMILES string of the molecule is O=C1CSC(c2ccc(F)cc2)N1c1nc2c(Cl)cccc2s1. The highest BCUT2D eigenvalue weighted by atomic mass is 35.5. The molecule has 1 amide bonds. The maximum Gasteiger partial charge on any atom is 0.240 e. The van der Waals surface area contributed by atoms with E-state index in [0.717, 1.165) is 10.3 Å². The van der Waals surface area contributed by atoms with E-state index in [1.807, 2.05) is 12.1 Å². The predicted molar refractivity (Wildman–Crippen MR) is 93.7 cm³/mol. The van der Waals surface area contributed by atoms with Crippen molar-refractivity contribution in [3.05, 3.63) is 58.9 Å². The van der Waals surface area contributed by atoms with Gasteiger partial charge in [0, 0.05) is 0 Å². The van der Waals surface area contributed by atoms with Gasteiger partial charge in [-0.25, -0.2) is 9.37 Å². The molecule has 116 valence electrons. The van der Waals surface area contributed by atoms with E-state index in [1.54, 1.807) is 23.1 Å². The van der Waals surface area contributed by atoms with Gasteiger partial charge in [0.05, 0.1) is 15.5 Å². The molecule has 1 aliphatic heterocycles. The van der Waals surface area contributed by atoms with E-state index in [-0.39, 0.29) is 17.1 Å². The maximum absolute atomic E-state index is 13.1. The topological polar surface area (TPSA) is 33.2 Å². The van der Waals surface area contributed by atoms with Crippen LogP contribution in [0, 0.1) is 5.82 Å². The largest absolute Gasteiger partial charge is 0.273 e. The number of carbonyl (C=O) groups is 1. The van der Waals surface area contributed by atoms with Crippen LogP contribution < -0.4 is 4.90 Å². The fraction of sp³-hybridized carbons (Fsp3) is 0.125. The number of thiazole rings is 1. The third kappa shape index (κ3) is 2.60. The Labute approximate surface area is 145 Å². The first-order chi connectivity index (χ1) is 11.1. The lowest BCUT2D eigenvalue weighted by atomic mass is 10.2. The van der Waals surface area contributed by atoms with Crippen molar-refractivity contribution in [2.45, 2.75) is 5.37 Å². The molecule has 1 atom stereocenters. The minimum Gasteiger partial charge on any atom is -0.273 e. The summed E-state index contributed by atoms with van der Waals surface area (Å²) < 4.78 is 14.1. The molecule has 0 saturated carbocycles. The molecule has 2 heterocycles. The van der Waals surface area contributed by atoms with Crippen molar-refractivity contribution in [2.24, 2.45) is 0 Å². The van der Waals surface area contributed by atoms with Crippen LogP contribution in [0.5, 0.6) is 0 Å². The number of halogens is 2. The van der Waals surface area contributed by atoms with Crippen molar-refractivity contribution in [3.63, 3.8) is 0 Å². The van der Waals surface area contributed by atoms with Gasteiger partial charge in [0.2, 0.25) is 5.91 Å². The van der Waals surface area contributed by atoms with E-state index in [0.29, 0.717) is 21.4 Å². The van der Waals surface area contributed by atoms with E-state index in [2.05, 4.69) is 4.98 Å². The molecule has 4 rings (SSSR count). The molecular weight excluding hydrogens is 355 g/mol. The minimum atomic E-state index is -0.290. The van der Waals surface area contributed by atoms with E-state index in [4.69, 9.17) is 11.6 Å². The van der Waals surface area contributed by atoms with Gasteiger partial charge >= 0.3 is 0 Å². The average Bonchev–Trinajstić information content (AvgIpc) is 3.12. The Balaban J connectivity index is 1.78. The van der Waals surface area contributed by atoms with Crippen molar-refractivity contribution in [2.75, 3.05) is 10.7 Å². The third-order valence-electron chi connectivity index (χ3n) is 3.59. The molecule has 1 saturated heterocycles. The number of nitrogens with zero attached hydrogens (tertiary/aromatic N) is 2. The molecule has 0 bridgehead atoms. The second-order valence-corrected chi connectivity index (χ2v) is 7.55. The van der Waals surface area contributed by atoms with Crippen LogP contribution in [-0.4, -0.2) is 16.6 Å². The number of benzene rings is 2. The first-order valence-electron chi connectivity index (χ1n) is 6.87. The van der Waals surface area contributed by atoms with E-state index in [1.165, 1.54) is 35.2 Å². The smallest absolute Gasteiger partial charge is 0.240 e. The molecular formula is C16H10ClFN2OS2. The summed E-state index contributed by atoms with van der Waals surface area (Å²) in [4.78, 5) is 18.6. The Morgan fingerprint density at radius 1 is 1.22 bits per heavy atom. The summed E-state index contributed by atoms with van der Waals surface area (Å²) in [7, 11) is 0. The molecule has 1 aromatic heterocycles. The van der Waals surface area contributed by atoms with Gasteiger partial charge in [-0.05, 0) is 29.8 Å². The lowest BCUT2D eigenvalue weighted by molar-refractivity contribution is -0.115. The quantitative estimate of drug-likeness (QED) is 0.650. The van der Waals surface area contributed by atoms with Gasteiger partial charge in [-0.2, -0.15) is 0 Å². The van der Waals surface area contributed by atoms with Crippen LogP contribution >= 0.6 is 34.7 Å². The molecule has 1 fully saturated rings. The second-order valence-electron chi connectivity index (χ2n) is 5.06. The van der Waals surface area contributed by atoms with Crippen LogP contribution in [0.4, 0.5) is 9.52 Å². The molecule has 0 radical (unpaired) electrons. The molecule has 2 aromatic carbocycles. The predicted octanol–water partition coefficient (Wildman–Crippen LogP) is 4.87. The molecule has 3 aromatic rings. The number of fused-ring (bicyclic) bond motifs is 1. The van der Waals surface area contributed by atoms with Gasteiger partial charge in [-0.3, -0.25) is 9.69 Å². The molecule has 0 N–H and O–H groups in total. The minimum absolute atomic E-state index is 0.000460. The lowest BCUT2D eigenvalue weighted by Gasteiger charge is -2.21. The highest BCUT2D eigenvalue weighted by molar-refractivity contribution is 8.00. The zero-order valence-corrected chi connectivity index (χ0v) is 14.1. The Morgan fingerprint density at radius 2 is 2.00 bits per heavy atom. The number of hydrogen-bond donors (Lipinski definition) is 0. The van der Waals surface area contributed by atoms with Gasteiger partial charge in [0.15, 0.2) is 5.13 Å². The number of amides is 1. The standard InChI is InChI=1S/C16H10ClFN2OS2/c17-11-2-1-3-12-14(11)19-16(23-12)20-13(21)8-22-15(20)9-4-6-10(18)7-5-9/h1-7,15H,8H2. The number of rotatable bonds is 2. The van der Waals surface area contributed by atoms with Crippen LogP contribution in [0.2, 0.25) is 5.02 Å². The molecule has 3 nitrogen and oxygen atoms in total. The van der Waals surface area contributed by atoms with E-state index in [9.17, 15) is 9.18 Å². The highest BCUT2D eigenvalue weighted by Crippen LogP contribution is 2.44. The zero-order chi connectivity index (χ0) is 16.0. The van der Waals surface area contributed by atoms with Gasteiger partial charge < -0.3 is 0 Å². The normalized spacial score (nSPS) is 18.1. The van der Waals surface area contributed by atoms with Gasteiger partial charge in [0.25, 0.3) is 0 Å². The number of carbonyl (C=O) groups excluding carboxylic acids is 1. The van der Waals surface area contributed by atoms with E-state index < -0.39 is 0 Å². The molecule has 23 heavy (non-hydrogen) atoms. The first-order valence-corrected chi connectivity index (χ1v) is 9.12. The zero-order valence-electron chi connectivity index (χ0n) is 11.7. The van der Waals surface area contributed by atoms with Crippen LogP contribution in [0.15, 0.2) is 42.5 Å². The molecule has 0 aliphatic carbocycles. The van der Waals surface area contributed by atoms with Crippen molar-refractivity contribution in [1.29, 1.82) is 0 Å². The molecule has 1 unspecified atom stereocenters. The lowest BCUT2D eigenvalue weighted by Crippen LogP contribution is -2.27. The van der Waals surface area contributed by atoms with Crippen LogP contribution in [0.25, 0.3) is 10.2 Å². The fourth-order valence-electron chi connectivity index (χ4n) is 2.51. The number of anilines is 1. The van der Waals surface area contributed by atoms with Gasteiger partial charge in [-0.1, -0.05) is 41.1 Å². The Hall–Kier alpha value is -1.63. The second kappa shape index (κ2) is 5.78. The summed E-state index contributed by atoms with van der Waals surface area (Å²) >= 11 is 9.13. The van der Waals surface area contributed by atoms with Crippen molar-refractivity contribution >= 4 is 56.0 Å². The maximum atomic E-state index is 13.1. The van der Waals surface area contributed by atoms with Crippen molar-refractivity contribution in [3.8, 4) is 0 Å². The Bertz CT molecular complexity index is 897. The van der Waals surface area contributed by atoms with Gasteiger partial charge in [0.1, 0.15) is 16.7 Å². The fourth-order valence-corrected chi connectivity index (χ4v) is 5.04. The first kappa shape index (κ1) is 14.9. The molecule has 1 aliphatic rings. The van der Waals surface area contributed by atoms with Crippen LogP contribution in [0.3, 0.4) is 0 Å². The van der Waals surface area contributed by atoms with Crippen LogP contribution in [-0.2, 0) is 4.79 Å². The third-order valence-corrected chi connectivity index (χ3v) is 6.12. The van der Waals surface area contributed by atoms with E-state index >= 15 is 0 Å². The van der Waals surface area contributed by atoms with Crippen LogP contribution in [0.1, 0.15) is 10.9 Å². The highest BCUT2D eigenvalue weighted by Gasteiger charge is 2.36. The summed E-state index contributed by atoms with van der Waals surface area (Å²) in [6.45, 7) is 0. The molecule has 0 spiro atoms. The average molecular weight is 365 g/mol. The summed E-state index contributed by atoms with van der Waals surface area (Å²) in [6, 6.07) is 11.8. The summed E-state index contributed by atoms with van der Waals surface area (Å²) in [5.74, 6) is 0.0898. The number of aromatic nitrogens is 1. The summed E-state index contributed by atoms with van der Waals surface area (Å²) in [5, 5.41) is 1.00. The Kier molecular flexibility index (Phi) is 3.75. The number of para-hydroxylation sites is 1. The number of hydrogen-bond acceptors (Lipinski definition) is 4. The number of thioether (sulfide) groups is 1. The summed E-state index contributed by atoms with van der Waals surface area (Å²) in [6.07, 6.45) is 0. The monoisotopic (exact) mass is 364 g/mol. The van der Waals surface area contributed by atoms with Crippen molar-refractivity contribution < 1.29 is 9.18 Å². The molecule has 7 heteroatoms. The van der Waals surface area contributed by atoms with Crippen molar-refractivity contribution in [1.82, 2.24) is 4.98 Å². The van der Waals surface area contributed by atoms with Gasteiger partial charge in [-0.15, -0.1) is 11.8 Å². The summed E-state index contributed by atoms with van der Waals surface area (Å²) in [5.41, 5.74) is 1.59. The Morgan fingerprint density at radius 3 is 2.74 bits per heavy atom.